The molecule has 0 spiro atoms. The maximum atomic E-state index is 8.88. The summed E-state index contributed by atoms with van der Waals surface area (Å²) in [5, 5.41) is 13.0. The van der Waals surface area contributed by atoms with E-state index >= 15 is 0 Å². The van der Waals surface area contributed by atoms with Crippen LogP contribution in [0.4, 0.5) is 5.69 Å². The number of hydrogen-bond donors (Lipinski definition) is 1. The Kier molecular flexibility index (Phi) is 3.31. The van der Waals surface area contributed by atoms with Gasteiger partial charge in [-0.25, -0.2) is 0 Å². The predicted molar refractivity (Wildman–Crippen MR) is 71.2 cm³/mol. The normalized spacial score (nSPS) is 22.1. The summed E-state index contributed by atoms with van der Waals surface area (Å²) in [5.74, 6) is 0. The highest BCUT2D eigenvalue weighted by atomic mass is 35.5. The zero-order valence-electron chi connectivity index (χ0n) is 10.3. The maximum Gasteiger partial charge on any atom is 0.0992 e. The number of hydrogen-bond acceptors (Lipinski definition) is 2. The van der Waals surface area contributed by atoms with Gasteiger partial charge >= 0.3 is 0 Å². The largest absolute Gasteiger partial charge is 0.381 e. The number of halogens is 1. The van der Waals surface area contributed by atoms with Crippen molar-refractivity contribution in [1.29, 1.82) is 5.26 Å². The molecule has 1 aliphatic carbocycles. The monoisotopic (exact) mass is 248 g/mol. The Bertz CT molecular complexity index is 460. The van der Waals surface area contributed by atoms with Gasteiger partial charge in [-0.1, -0.05) is 25.4 Å². The van der Waals surface area contributed by atoms with Gasteiger partial charge in [0.25, 0.3) is 0 Å². The fraction of sp³-hybridized carbons (Fsp3) is 0.500. The van der Waals surface area contributed by atoms with Gasteiger partial charge < -0.3 is 5.32 Å². The summed E-state index contributed by atoms with van der Waals surface area (Å²) in [4.78, 5) is 0. The Balaban J connectivity index is 2.12. The molecule has 0 radical (unpaired) electrons. The van der Waals surface area contributed by atoms with E-state index in [1.165, 1.54) is 12.8 Å². The molecule has 3 heteroatoms. The molecule has 0 bridgehead atoms. The lowest BCUT2D eigenvalue weighted by Crippen LogP contribution is -2.17. The first-order valence-electron chi connectivity index (χ1n) is 5.96. The Hall–Kier alpha value is -1.20. The second-order valence-electron chi connectivity index (χ2n) is 5.55. The third-order valence-corrected chi connectivity index (χ3v) is 3.75. The molecule has 0 aliphatic heterocycles. The third-order valence-electron chi connectivity index (χ3n) is 3.42. The molecular formula is C14H17ClN2. The SMILES string of the molecule is CC1(C)CCC(Nc2cc(C#N)ccc2Cl)C1. The summed E-state index contributed by atoms with van der Waals surface area (Å²) in [6, 6.07) is 7.96. The van der Waals surface area contributed by atoms with Gasteiger partial charge in [-0.2, -0.15) is 5.26 Å². The molecule has 1 fully saturated rings. The molecule has 17 heavy (non-hydrogen) atoms. The number of rotatable bonds is 2. The van der Waals surface area contributed by atoms with Crippen molar-refractivity contribution < 1.29 is 0 Å². The molecule has 0 saturated heterocycles. The quantitative estimate of drug-likeness (QED) is 0.851. The molecule has 1 saturated carbocycles. The second-order valence-corrected chi connectivity index (χ2v) is 5.96. The average Bonchev–Trinajstić information content (AvgIpc) is 2.61. The van der Waals surface area contributed by atoms with E-state index in [0.29, 0.717) is 22.0 Å². The van der Waals surface area contributed by atoms with Crippen molar-refractivity contribution >= 4 is 17.3 Å². The van der Waals surface area contributed by atoms with Crippen LogP contribution in [-0.4, -0.2) is 6.04 Å². The molecule has 2 nitrogen and oxygen atoms in total. The minimum Gasteiger partial charge on any atom is -0.381 e. The molecule has 1 aromatic rings. The Morgan fingerprint density at radius 3 is 2.82 bits per heavy atom. The fourth-order valence-corrected chi connectivity index (χ4v) is 2.66. The van der Waals surface area contributed by atoms with E-state index in [0.717, 1.165) is 12.1 Å². The van der Waals surface area contributed by atoms with Crippen LogP contribution in [0.1, 0.15) is 38.7 Å². The average molecular weight is 249 g/mol. The standard InChI is InChI=1S/C14H17ClN2/c1-14(2)6-5-11(8-14)17-13-7-10(9-16)3-4-12(13)15/h3-4,7,11,17H,5-6,8H2,1-2H3. The van der Waals surface area contributed by atoms with Gasteiger partial charge in [-0.15, -0.1) is 0 Å². The zero-order valence-corrected chi connectivity index (χ0v) is 11.0. The number of anilines is 1. The predicted octanol–water partition coefficient (Wildman–Crippen LogP) is 4.20. The van der Waals surface area contributed by atoms with Crippen LogP contribution in [0.5, 0.6) is 0 Å². The smallest absolute Gasteiger partial charge is 0.0992 e. The highest BCUT2D eigenvalue weighted by Crippen LogP contribution is 2.39. The van der Waals surface area contributed by atoms with E-state index in [1.54, 1.807) is 12.1 Å². The van der Waals surface area contributed by atoms with Crippen molar-refractivity contribution in [1.82, 2.24) is 0 Å². The third kappa shape index (κ3) is 2.92. The molecule has 0 heterocycles. The van der Waals surface area contributed by atoms with Crippen LogP contribution in [0.25, 0.3) is 0 Å². The molecular weight excluding hydrogens is 232 g/mol. The number of benzene rings is 1. The van der Waals surface area contributed by atoms with Crippen molar-refractivity contribution in [3.8, 4) is 6.07 Å². The molecule has 0 amide bonds. The van der Waals surface area contributed by atoms with E-state index in [-0.39, 0.29) is 0 Å². The number of nitriles is 1. The molecule has 90 valence electrons. The zero-order chi connectivity index (χ0) is 12.5. The summed E-state index contributed by atoms with van der Waals surface area (Å²) in [6.07, 6.45) is 3.56. The minimum absolute atomic E-state index is 0.414. The van der Waals surface area contributed by atoms with E-state index in [4.69, 9.17) is 16.9 Å². The number of nitrogens with zero attached hydrogens (tertiary/aromatic N) is 1. The van der Waals surface area contributed by atoms with Gasteiger partial charge in [0.05, 0.1) is 22.3 Å². The first kappa shape index (κ1) is 12.3. The van der Waals surface area contributed by atoms with Gasteiger partial charge in [0.15, 0.2) is 0 Å². The lowest BCUT2D eigenvalue weighted by molar-refractivity contribution is 0.378. The van der Waals surface area contributed by atoms with Gasteiger partial charge in [-0.3, -0.25) is 0 Å². The van der Waals surface area contributed by atoms with E-state index in [2.05, 4.69) is 25.2 Å². The molecule has 1 aliphatic rings. The lowest BCUT2D eigenvalue weighted by Gasteiger charge is -2.19. The number of nitrogens with one attached hydrogen (secondary N) is 1. The Morgan fingerprint density at radius 1 is 1.47 bits per heavy atom. The van der Waals surface area contributed by atoms with Gasteiger partial charge in [0, 0.05) is 6.04 Å². The van der Waals surface area contributed by atoms with Gasteiger partial charge in [-0.05, 0) is 42.9 Å². The van der Waals surface area contributed by atoms with Crippen molar-refractivity contribution in [2.24, 2.45) is 5.41 Å². The molecule has 1 N–H and O–H groups in total. The topological polar surface area (TPSA) is 35.8 Å². The van der Waals surface area contributed by atoms with E-state index < -0.39 is 0 Å². The maximum absolute atomic E-state index is 8.88. The lowest BCUT2D eigenvalue weighted by atomic mass is 9.92. The van der Waals surface area contributed by atoms with Gasteiger partial charge in [0.2, 0.25) is 0 Å². The molecule has 0 aromatic heterocycles. The summed E-state index contributed by atoms with van der Waals surface area (Å²) in [5.41, 5.74) is 1.94. The highest BCUT2D eigenvalue weighted by Gasteiger charge is 2.30. The van der Waals surface area contributed by atoms with Crippen LogP contribution in [0.2, 0.25) is 5.02 Å². The fourth-order valence-electron chi connectivity index (χ4n) is 2.48. The van der Waals surface area contributed by atoms with E-state index in [1.807, 2.05) is 6.07 Å². The van der Waals surface area contributed by atoms with Crippen molar-refractivity contribution in [3.63, 3.8) is 0 Å². The van der Waals surface area contributed by atoms with Crippen molar-refractivity contribution in [2.75, 3.05) is 5.32 Å². The minimum atomic E-state index is 0.414. The van der Waals surface area contributed by atoms with Crippen molar-refractivity contribution in [3.05, 3.63) is 28.8 Å². The Labute approximate surface area is 108 Å². The summed E-state index contributed by atoms with van der Waals surface area (Å²) >= 11 is 6.13. The molecule has 1 aromatic carbocycles. The van der Waals surface area contributed by atoms with Gasteiger partial charge in [0.1, 0.15) is 0 Å². The summed E-state index contributed by atoms with van der Waals surface area (Å²) in [6.45, 7) is 4.59. The first-order chi connectivity index (χ1) is 8.00. The van der Waals surface area contributed by atoms with E-state index in [9.17, 15) is 0 Å². The van der Waals surface area contributed by atoms with Crippen LogP contribution >= 0.6 is 11.6 Å². The first-order valence-corrected chi connectivity index (χ1v) is 6.34. The van der Waals surface area contributed by atoms with Crippen LogP contribution in [0.3, 0.4) is 0 Å². The van der Waals surface area contributed by atoms with Crippen molar-refractivity contribution in [2.45, 2.75) is 39.2 Å². The molecule has 1 unspecified atom stereocenters. The summed E-state index contributed by atoms with van der Waals surface area (Å²) in [7, 11) is 0. The Morgan fingerprint density at radius 2 is 2.24 bits per heavy atom. The van der Waals surface area contributed by atoms with Crippen LogP contribution in [-0.2, 0) is 0 Å². The van der Waals surface area contributed by atoms with Crippen LogP contribution in [0.15, 0.2) is 18.2 Å². The summed E-state index contributed by atoms with van der Waals surface area (Å²) < 4.78 is 0. The van der Waals surface area contributed by atoms with Crippen LogP contribution in [0, 0.1) is 16.7 Å². The molecule has 2 rings (SSSR count). The highest BCUT2D eigenvalue weighted by molar-refractivity contribution is 6.33. The van der Waals surface area contributed by atoms with Crippen LogP contribution < -0.4 is 5.32 Å². The molecule has 1 atom stereocenters. The second kappa shape index (κ2) is 4.58.